The van der Waals surface area contributed by atoms with Crippen LogP contribution in [0.25, 0.3) is 0 Å². The molecule has 1 aliphatic heterocycles. The predicted octanol–water partition coefficient (Wildman–Crippen LogP) is 1.05. The quantitative estimate of drug-likeness (QED) is 0.517. The monoisotopic (exact) mass is 212 g/mol. The van der Waals surface area contributed by atoms with Crippen LogP contribution in [0.4, 0.5) is 0 Å². The third-order valence-corrected chi connectivity index (χ3v) is 2.67. The van der Waals surface area contributed by atoms with Crippen molar-refractivity contribution < 1.29 is 4.79 Å². The first-order valence-corrected chi connectivity index (χ1v) is 4.86. The molecule has 0 saturated heterocycles. The zero-order valence-electron chi connectivity index (χ0n) is 7.49. The van der Waals surface area contributed by atoms with Crippen LogP contribution >= 0.6 is 11.6 Å². The summed E-state index contributed by atoms with van der Waals surface area (Å²) in [5.41, 5.74) is -0.341. The Morgan fingerprint density at radius 1 is 1.43 bits per heavy atom. The van der Waals surface area contributed by atoms with Crippen LogP contribution in [0, 0.1) is 0 Å². The molecule has 2 rings (SSSR count). The van der Waals surface area contributed by atoms with Crippen molar-refractivity contribution >= 4 is 17.9 Å². The van der Waals surface area contributed by atoms with E-state index >= 15 is 0 Å². The van der Waals surface area contributed by atoms with Gasteiger partial charge in [0.15, 0.2) is 6.29 Å². The summed E-state index contributed by atoms with van der Waals surface area (Å²) in [7, 11) is 0. The molecule has 0 aliphatic carbocycles. The predicted molar refractivity (Wildman–Crippen MR) is 51.8 cm³/mol. The molecule has 0 fully saturated rings. The Morgan fingerprint density at radius 3 is 2.93 bits per heavy atom. The number of nitrogens with zero attached hydrogens (tertiary/aromatic N) is 2. The van der Waals surface area contributed by atoms with Crippen molar-refractivity contribution in [3.05, 3.63) is 26.9 Å². The van der Waals surface area contributed by atoms with Gasteiger partial charge >= 0.3 is 0 Å². The molecule has 74 valence electrons. The van der Waals surface area contributed by atoms with Gasteiger partial charge in [0.25, 0.3) is 5.56 Å². The molecule has 2 heterocycles. The Kier molecular flexibility index (Phi) is 2.37. The van der Waals surface area contributed by atoms with Gasteiger partial charge in [0.1, 0.15) is 16.5 Å². The number of carbonyl (C=O) groups is 1. The van der Waals surface area contributed by atoms with Crippen LogP contribution in [-0.2, 0) is 13.0 Å². The van der Waals surface area contributed by atoms with E-state index < -0.39 is 0 Å². The van der Waals surface area contributed by atoms with Gasteiger partial charge in [-0.2, -0.15) is 0 Å². The molecule has 1 aromatic heterocycles. The van der Waals surface area contributed by atoms with E-state index in [1.807, 2.05) is 0 Å². The number of halogens is 1. The van der Waals surface area contributed by atoms with Gasteiger partial charge in [-0.15, -0.1) is 0 Å². The number of hydrogen-bond donors (Lipinski definition) is 0. The number of aldehydes is 1. The van der Waals surface area contributed by atoms with Crippen molar-refractivity contribution in [3.8, 4) is 0 Å². The van der Waals surface area contributed by atoms with Crippen LogP contribution in [0.5, 0.6) is 0 Å². The lowest BCUT2D eigenvalue weighted by Gasteiger charge is -2.17. The molecule has 0 amide bonds. The fourth-order valence-electron chi connectivity index (χ4n) is 1.66. The first-order chi connectivity index (χ1) is 6.74. The molecule has 0 spiro atoms. The number of aryl methyl sites for hydroxylation is 1. The van der Waals surface area contributed by atoms with Gasteiger partial charge in [0.05, 0.1) is 0 Å². The summed E-state index contributed by atoms with van der Waals surface area (Å²) >= 11 is 5.71. The normalized spacial score (nSPS) is 14.9. The van der Waals surface area contributed by atoms with Gasteiger partial charge in [-0.1, -0.05) is 11.6 Å². The second-order valence-corrected chi connectivity index (χ2v) is 3.62. The van der Waals surface area contributed by atoms with Crippen LogP contribution in [0.15, 0.2) is 4.79 Å². The second kappa shape index (κ2) is 3.53. The topological polar surface area (TPSA) is 52.0 Å². The van der Waals surface area contributed by atoms with E-state index in [2.05, 4.69) is 4.98 Å². The molecule has 14 heavy (non-hydrogen) atoms. The van der Waals surface area contributed by atoms with E-state index in [4.69, 9.17) is 11.6 Å². The molecule has 5 heteroatoms. The molecule has 0 aromatic carbocycles. The van der Waals surface area contributed by atoms with E-state index in [1.165, 1.54) is 0 Å². The average Bonchev–Trinajstić information content (AvgIpc) is 2.18. The van der Waals surface area contributed by atoms with Crippen molar-refractivity contribution in [2.75, 3.05) is 0 Å². The highest BCUT2D eigenvalue weighted by Gasteiger charge is 2.16. The molecule has 0 atom stereocenters. The minimum Gasteiger partial charge on any atom is -0.298 e. The number of hydrogen-bond acceptors (Lipinski definition) is 3. The van der Waals surface area contributed by atoms with Crippen LogP contribution in [0.2, 0.25) is 5.15 Å². The largest absolute Gasteiger partial charge is 0.298 e. The standard InChI is InChI=1S/C9H9ClN2O2/c10-8-6(5-13)9(14)12-4-2-1-3-7(12)11-8/h5H,1-4H2. The Labute approximate surface area is 85.5 Å². The molecular weight excluding hydrogens is 204 g/mol. The lowest BCUT2D eigenvalue weighted by Crippen LogP contribution is -2.31. The van der Waals surface area contributed by atoms with Crippen LogP contribution in [0.1, 0.15) is 29.0 Å². The minimum absolute atomic E-state index is 0.0261. The van der Waals surface area contributed by atoms with Crippen molar-refractivity contribution in [2.24, 2.45) is 0 Å². The summed E-state index contributed by atoms with van der Waals surface area (Å²) in [6.45, 7) is 0.638. The number of carbonyl (C=O) groups excluding carboxylic acids is 1. The SMILES string of the molecule is O=Cc1c(Cl)nc2n(c1=O)CCCC2. The average molecular weight is 213 g/mol. The third-order valence-electron chi connectivity index (χ3n) is 2.39. The van der Waals surface area contributed by atoms with E-state index in [0.29, 0.717) is 18.7 Å². The van der Waals surface area contributed by atoms with E-state index in [-0.39, 0.29) is 16.3 Å². The summed E-state index contributed by atoms with van der Waals surface area (Å²) in [4.78, 5) is 26.3. The molecular formula is C9H9ClN2O2. The maximum absolute atomic E-state index is 11.7. The van der Waals surface area contributed by atoms with Gasteiger partial charge in [-0.25, -0.2) is 4.98 Å². The van der Waals surface area contributed by atoms with Crippen LogP contribution in [-0.4, -0.2) is 15.8 Å². The molecule has 0 N–H and O–H groups in total. The summed E-state index contributed by atoms with van der Waals surface area (Å²) in [6, 6.07) is 0. The smallest absolute Gasteiger partial charge is 0.265 e. The van der Waals surface area contributed by atoms with E-state index in [1.54, 1.807) is 4.57 Å². The number of rotatable bonds is 1. The van der Waals surface area contributed by atoms with Gasteiger partial charge < -0.3 is 0 Å². The third kappa shape index (κ3) is 1.35. The summed E-state index contributed by atoms with van der Waals surface area (Å²) < 4.78 is 1.54. The van der Waals surface area contributed by atoms with Crippen molar-refractivity contribution in [3.63, 3.8) is 0 Å². The first kappa shape index (κ1) is 9.40. The highest BCUT2D eigenvalue weighted by molar-refractivity contribution is 6.31. The molecule has 1 aromatic rings. The lowest BCUT2D eigenvalue weighted by atomic mass is 10.1. The molecule has 0 bridgehead atoms. The lowest BCUT2D eigenvalue weighted by molar-refractivity contribution is 0.112. The molecule has 0 radical (unpaired) electrons. The van der Waals surface area contributed by atoms with E-state index in [0.717, 1.165) is 19.3 Å². The number of fused-ring (bicyclic) bond motifs is 1. The summed E-state index contributed by atoms with van der Waals surface area (Å²) in [5.74, 6) is 0.692. The van der Waals surface area contributed by atoms with Gasteiger partial charge in [0, 0.05) is 13.0 Å². The summed E-state index contributed by atoms with van der Waals surface area (Å²) in [6.07, 6.45) is 3.20. The van der Waals surface area contributed by atoms with E-state index in [9.17, 15) is 9.59 Å². The molecule has 0 unspecified atom stereocenters. The maximum atomic E-state index is 11.7. The van der Waals surface area contributed by atoms with Gasteiger partial charge in [-0.05, 0) is 12.8 Å². The summed E-state index contributed by atoms with van der Waals surface area (Å²) in [5, 5.41) is 0.0261. The molecule has 1 aliphatic rings. The second-order valence-electron chi connectivity index (χ2n) is 3.26. The van der Waals surface area contributed by atoms with Gasteiger partial charge in [0.2, 0.25) is 0 Å². The van der Waals surface area contributed by atoms with Crippen molar-refractivity contribution in [2.45, 2.75) is 25.8 Å². The zero-order chi connectivity index (χ0) is 10.1. The fourth-order valence-corrected chi connectivity index (χ4v) is 1.88. The fraction of sp³-hybridized carbons (Fsp3) is 0.444. The number of aromatic nitrogens is 2. The zero-order valence-corrected chi connectivity index (χ0v) is 8.25. The highest BCUT2D eigenvalue weighted by Crippen LogP contribution is 2.14. The Balaban J connectivity index is 2.70. The Hall–Kier alpha value is -1.16. The minimum atomic E-state index is -0.310. The highest BCUT2D eigenvalue weighted by atomic mass is 35.5. The van der Waals surface area contributed by atoms with Gasteiger partial charge in [-0.3, -0.25) is 14.2 Å². The van der Waals surface area contributed by atoms with Crippen LogP contribution in [0.3, 0.4) is 0 Å². The molecule has 4 nitrogen and oxygen atoms in total. The Morgan fingerprint density at radius 2 is 2.21 bits per heavy atom. The first-order valence-electron chi connectivity index (χ1n) is 4.48. The van der Waals surface area contributed by atoms with Crippen LogP contribution < -0.4 is 5.56 Å². The Bertz CT molecular complexity index is 439. The molecule has 0 saturated carbocycles. The van der Waals surface area contributed by atoms with Crippen molar-refractivity contribution in [1.82, 2.24) is 9.55 Å². The maximum Gasteiger partial charge on any atom is 0.265 e. The van der Waals surface area contributed by atoms with Crippen molar-refractivity contribution in [1.29, 1.82) is 0 Å².